The van der Waals surface area contributed by atoms with E-state index in [0.29, 0.717) is 12.0 Å². The van der Waals surface area contributed by atoms with Crippen LogP contribution in [0.15, 0.2) is 54.6 Å². The van der Waals surface area contributed by atoms with Gasteiger partial charge in [0.25, 0.3) is 0 Å². The Labute approximate surface area is 130 Å². The maximum atomic E-state index is 11.5. The minimum Gasteiger partial charge on any atom is -0.333 e. The largest absolute Gasteiger partial charge is 0.333 e. The van der Waals surface area contributed by atoms with E-state index in [1.165, 1.54) is 16.7 Å². The van der Waals surface area contributed by atoms with Gasteiger partial charge in [0.15, 0.2) is 0 Å². The molecule has 2 aromatic rings. The maximum Gasteiger partial charge on any atom is 0.315 e. The summed E-state index contributed by atoms with van der Waals surface area (Å²) in [5.74, 6) is 0.512. The minimum absolute atomic E-state index is 0.00741. The van der Waals surface area contributed by atoms with Crippen LogP contribution in [-0.4, -0.2) is 18.1 Å². The number of hydrogen-bond donors (Lipinski definition) is 2. The van der Waals surface area contributed by atoms with E-state index in [2.05, 4.69) is 65.2 Å². The zero-order valence-corrected chi connectivity index (χ0v) is 12.5. The highest BCUT2D eigenvalue weighted by atomic mass is 16.2. The molecule has 3 unspecified atom stereocenters. The quantitative estimate of drug-likeness (QED) is 0.871. The van der Waals surface area contributed by atoms with Crippen molar-refractivity contribution in [1.82, 2.24) is 10.6 Å². The molecule has 2 amide bonds. The Bertz CT molecular complexity index is 683. The molecule has 0 spiro atoms. The zero-order valence-electron chi connectivity index (χ0n) is 12.5. The van der Waals surface area contributed by atoms with E-state index >= 15 is 0 Å². The van der Waals surface area contributed by atoms with Crippen molar-refractivity contribution in [3.63, 3.8) is 0 Å². The summed E-state index contributed by atoms with van der Waals surface area (Å²) in [6.07, 6.45) is 3.21. The van der Waals surface area contributed by atoms with Gasteiger partial charge in [-0.2, -0.15) is 0 Å². The number of hydrogen-bond acceptors (Lipinski definition) is 1. The monoisotopic (exact) mass is 292 g/mol. The van der Waals surface area contributed by atoms with Crippen LogP contribution in [0, 0.1) is 0 Å². The van der Waals surface area contributed by atoms with E-state index in [1.54, 1.807) is 0 Å². The van der Waals surface area contributed by atoms with Gasteiger partial charge in [-0.05, 0) is 41.9 Å². The number of benzene rings is 2. The molecule has 0 aromatic heterocycles. The van der Waals surface area contributed by atoms with Crippen LogP contribution in [-0.2, 0) is 0 Å². The third-order valence-corrected chi connectivity index (χ3v) is 4.97. The molecule has 2 fully saturated rings. The first-order valence-corrected chi connectivity index (χ1v) is 8.02. The Hall–Kier alpha value is -2.29. The van der Waals surface area contributed by atoms with Crippen LogP contribution >= 0.6 is 0 Å². The molecule has 3 nitrogen and oxygen atoms in total. The Kier molecular flexibility index (Phi) is 3.34. The summed E-state index contributed by atoms with van der Waals surface area (Å²) in [5, 5.41) is 6.09. The fourth-order valence-electron chi connectivity index (χ4n) is 3.90. The van der Waals surface area contributed by atoms with Crippen LogP contribution < -0.4 is 10.6 Å². The molecule has 2 aromatic carbocycles. The van der Waals surface area contributed by atoms with Gasteiger partial charge < -0.3 is 10.6 Å². The topological polar surface area (TPSA) is 41.1 Å². The number of carbonyl (C=O) groups excluding carboxylic acids is 1. The molecule has 0 radical (unpaired) electrons. The van der Waals surface area contributed by atoms with Gasteiger partial charge in [0.05, 0.1) is 12.1 Å². The summed E-state index contributed by atoms with van der Waals surface area (Å²) in [5.41, 5.74) is 4.01. The molecular weight excluding hydrogens is 272 g/mol. The second-order valence-electron chi connectivity index (χ2n) is 6.29. The number of nitrogens with one attached hydrogen (secondary N) is 2. The lowest BCUT2D eigenvalue weighted by Gasteiger charge is -2.32. The molecule has 3 atom stereocenters. The standard InChI is InChI=1S/C19H20N2O/c22-19-20-17-11-10-14(12-18(17)21-19)16-9-5-4-8-15(16)13-6-2-1-3-7-13/h1-9,14,17-18H,10-12H2,(H2,20,21,22). The molecule has 112 valence electrons. The van der Waals surface area contributed by atoms with Crippen molar-refractivity contribution in [3.8, 4) is 11.1 Å². The molecular formula is C19H20N2O. The fraction of sp³-hybridized carbons (Fsp3) is 0.316. The van der Waals surface area contributed by atoms with Crippen LogP contribution in [0.5, 0.6) is 0 Å². The van der Waals surface area contributed by atoms with Gasteiger partial charge in [-0.15, -0.1) is 0 Å². The number of amides is 2. The molecule has 0 bridgehead atoms. The van der Waals surface area contributed by atoms with E-state index in [-0.39, 0.29) is 12.1 Å². The van der Waals surface area contributed by atoms with E-state index in [0.717, 1.165) is 19.3 Å². The summed E-state index contributed by atoms with van der Waals surface area (Å²) in [4.78, 5) is 11.5. The lowest BCUT2D eigenvalue weighted by molar-refractivity contribution is 0.247. The van der Waals surface area contributed by atoms with Crippen molar-refractivity contribution in [2.45, 2.75) is 37.3 Å². The average molecular weight is 292 g/mol. The lowest BCUT2D eigenvalue weighted by Crippen LogP contribution is -2.38. The van der Waals surface area contributed by atoms with Crippen molar-refractivity contribution in [2.24, 2.45) is 0 Å². The fourth-order valence-corrected chi connectivity index (χ4v) is 3.90. The van der Waals surface area contributed by atoms with Gasteiger partial charge in [-0.25, -0.2) is 4.79 Å². The van der Waals surface area contributed by atoms with Gasteiger partial charge in [0, 0.05) is 0 Å². The van der Waals surface area contributed by atoms with Crippen molar-refractivity contribution in [1.29, 1.82) is 0 Å². The third kappa shape index (κ3) is 2.37. The maximum absolute atomic E-state index is 11.5. The summed E-state index contributed by atoms with van der Waals surface area (Å²) >= 11 is 0. The number of carbonyl (C=O) groups is 1. The van der Waals surface area contributed by atoms with Gasteiger partial charge >= 0.3 is 6.03 Å². The van der Waals surface area contributed by atoms with Gasteiger partial charge in [0.2, 0.25) is 0 Å². The molecule has 1 saturated carbocycles. The van der Waals surface area contributed by atoms with Crippen LogP contribution in [0.2, 0.25) is 0 Å². The SMILES string of the molecule is O=C1NC2CCC(c3ccccc3-c3ccccc3)CC2N1. The molecule has 1 aliphatic heterocycles. The van der Waals surface area contributed by atoms with E-state index in [4.69, 9.17) is 0 Å². The van der Waals surface area contributed by atoms with Crippen molar-refractivity contribution in [2.75, 3.05) is 0 Å². The Morgan fingerprint density at radius 3 is 2.41 bits per heavy atom. The Morgan fingerprint density at radius 2 is 1.55 bits per heavy atom. The normalized spacial score (nSPS) is 26.9. The van der Waals surface area contributed by atoms with Crippen molar-refractivity contribution in [3.05, 3.63) is 60.2 Å². The summed E-state index contributed by atoms with van der Waals surface area (Å²) in [7, 11) is 0. The highest BCUT2D eigenvalue weighted by Crippen LogP contribution is 2.39. The highest BCUT2D eigenvalue weighted by molar-refractivity contribution is 5.77. The summed E-state index contributed by atoms with van der Waals surface area (Å²) < 4.78 is 0. The first kappa shape index (κ1) is 13.4. The van der Waals surface area contributed by atoms with Crippen molar-refractivity contribution >= 4 is 6.03 Å². The molecule has 2 aliphatic rings. The molecule has 1 aliphatic carbocycles. The average Bonchev–Trinajstić information content (AvgIpc) is 2.95. The van der Waals surface area contributed by atoms with Crippen molar-refractivity contribution < 1.29 is 4.79 Å². The van der Waals surface area contributed by atoms with Gasteiger partial charge in [-0.3, -0.25) is 0 Å². The molecule has 22 heavy (non-hydrogen) atoms. The minimum atomic E-state index is -0.00741. The van der Waals surface area contributed by atoms with Crippen LogP contribution in [0.1, 0.15) is 30.7 Å². The summed E-state index contributed by atoms with van der Waals surface area (Å²) in [6.45, 7) is 0. The van der Waals surface area contributed by atoms with E-state index in [9.17, 15) is 4.79 Å². The molecule has 1 saturated heterocycles. The molecule has 2 N–H and O–H groups in total. The van der Waals surface area contributed by atoms with E-state index < -0.39 is 0 Å². The second-order valence-corrected chi connectivity index (χ2v) is 6.29. The van der Waals surface area contributed by atoms with Crippen LogP contribution in [0.25, 0.3) is 11.1 Å². The predicted octanol–water partition coefficient (Wildman–Crippen LogP) is 3.67. The first-order chi connectivity index (χ1) is 10.8. The molecule has 1 heterocycles. The first-order valence-electron chi connectivity index (χ1n) is 8.02. The summed E-state index contributed by atoms with van der Waals surface area (Å²) in [6, 6.07) is 19.8. The second kappa shape index (κ2) is 5.48. The lowest BCUT2D eigenvalue weighted by atomic mass is 9.77. The third-order valence-electron chi connectivity index (χ3n) is 4.97. The van der Waals surface area contributed by atoms with Gasteiger partial charge in [-0.1, -0.05) is 54.6 Å². The van der Waals surface area contributed by atoms with Crippen LogP contribution in [0.4, 0.5) is 4.79 Å². The molecule has 4 rings (SSSR count). The Morgan fingerprint density at radius 1 is 0.818 bits per heavy atom. The van der Waals surface area contributed by atoms with Gasteiger partial charge in [0.1, 0.15) is 0 Å². The van der Waals surface area contributed by atoms with Crippen LogP contribution in [0.3, 0.4) is 0 Å². The number of urea groups is 1. The smallest absolute Gasteiger partial charge is 0.315 e. The Balaban J connectivity index is 1.65. The molecule has 3 heteroatoms. The predicted molar refractivity (Wildman–Crippen MR) is 87.7 cm³/mol. The van der Waals surface area contributed by atoms with E-state index in [1.807, 2.05) is 0 Å². The number of fused-ring (bicyclic) bond motifs is 1. The zero-order chi connectivity index (χ0) is 14.9. The number of rotatable bonds is 2. The highest BCUT2D eigenvalue weighted by Gasteiger charge is 2.37.